The van der Waals surface area contributed by atoms with E-state index >= 15 is 0 Å². The van der Waals surface area contributed by atoms with Gasteiger partial charge in [0.2, 0.25) is 5.91 Å². The number of carbonyl (C=O) groups is 1. The van der Waals surface area contributed by atoms with Gasteiger partial charge in [-0.05, 0) is 30.2 Å². The van der Waals surface area contributed by atoms with Crippen LogP contribution in [0, 0.1) is 5.82 Å². The number of rotatable bonds is 5. The van der Waals surface area contributed by atoms with Gasteiger partial charge < -0.3 is 14.4 Å². The number of alkyl halides is 4. The zero-order valence-corrected chi connectivity index (χ0v) is 15.4. The highest BCUT2D eigenvalue weighted by Crippen LogP contribution is 2.40. The fraction of sp³-hybridized carbons (Fsp3) is 0.316. The van der Waals surface area contributed by atoms with Crippen LogP contribution < -0.4 is 9.47 Å². The first-order valence-electron chi connectivity index (χ1n) is 8.30. The summed E-state index contributed by atoms with van der Waals surface area (Å²) in [7, 11) is 1.40. The van der Waals surface area contributed by atoms with Gasteiger partial charge in [-0.3, -0.25) is 4.79 Å². The number of carbonyl (C=O) groups excluding carboxylic acids is 1. The maximum Gasteiger partial charge on any atom is 0.573 e. The maximum atomic E-state index is 13.5. The summed E-state index contributed by atoms with van der Waals surface area (Å²) in [4.78, 5) is 14.0. The Morgan fingerprint density at radius 3 is 2.46 bits per heavy atom. The Labute approximate surface area is 163 Å². The Morgan fingerprint density at radius 2 is 1.86 bits per heavy atom. The van der Waals surface area contributed by atoms with Crippen LogP contribution in [0.2, 0.25) is 0 Å². The molecule has 0 bridgehead atoms. The molecule has 0 saturated carbocycles. The van der Waals surface area contributed by atoms with E-state index in [0.29, 0.717) is 23.3 Å². The first-order chi connectivity index (χ1) is 13.2. The number of hydrogen-bond acceptors (Lipinski definition) is 3. The SMILES string of the molecule is COc1cc(F)ccc1C1CC(Cl)C(=O)N1Cc1ccc(OC(F)(F)F)cc1. The molecule has 1 saturated heterocycles. The van der Waals surface area contributed by atoms with Crippen LogP contribution in [-0.4, -0.2) is 29.7 Å². The molecule has 0 aliphatic carbocycles. The molecule has 0 spiro atoms. The molecule has 150 valence electrons. The highest BCUT2D eigenvalue weighted by Gasteiger charge is 2.40. The molecule has 2 unspecified atom stereocenters. The Morgan fingerprint density at radius 1 is 1.18 bits per heavy atom. The second kappa shape index (κ2) is 7.87. The third kappa shape index (κ3) is 4.49. The van der Waals surface area contributed by atoms with Gasteiger partial charge in [0.05, 0.1) is 13.2 Å². The van der Waals surface area contributed by atoms with Gasteiger partial charge in [0.25, 0.3) is 0 Å². The van der Waals surface area contributed by atoms with Crippen molar-refractivity contribution >= 4 is 17.5 Å². The molecule has 1 aliphatic heterocycles. The minimum atomic E-state index is -4.78. The fourth-order valence-electron chi connectivity index (χ4n) is 3.19. The van der Waals surface area contributed by atoms with Gasteiger partial charge in [0.15, 0.2) is 0 Å². The van der Waals surface area contributed by atoms with Crippen LogP contribution in [0.15, 0.2) is 42.5 Å². The lowest BCUT2D eigenvalue weighted by molar-refractivity contribution is -0.274. The summed E-state index contributed by atoms with van der Waals surface area (Å²) in [5.74, 6) is -0.841. The average molecular weight is 418 g/mol. The van der Waals surface area contributed by atoms with Crippen molar-refractivity contribution in [2.45, 2.75) is 30.7 Å². The van der Waals surface area contributed by atoms with Gasteiger partial charge in [0.1, 0.15) is 22.7 Å². The molecule has 0 N–H and O–H groups in total. The second-order valence-electron chi connectivity index (χ2n) is 6.26. The van der Waals surface area contributed by atoms with E-state index in [4.69, 9.17) is 16.3 Å². The smallest absolute Gasteiger partial charge is 0.496 e. The van der Waals surface area contributed by atoms with E-state index in [2.05, 4.69) is 4.74 Å². The Balaban J connectivity index is 1.84. The van der Waals surface area contributed by atoms with Crippen molar-refractivity contribution < 1.29 is 31.8 Å². The van der Waals surface area contributed by atoms with Gasteiger partial charge in [-0.15, -0.1) is 24.8 Å². The minimum Gasteiger partial charge on any atom is -0.496 e. The van der Waals surface area contributed by atoms with Gasteiger partial charge >= 0.3 is 6.36 Å². The third-order valence-corrected chi connectivity index (χ3v) is 4.79. The lowest BCUT2D eigenvalue weighted by atomic mass is 10.0. The number of ether oxygens (including phenoxy) is 2. The van der Waals surface area contributed by atoms with Gasteiger partial charge in [-0.1, -0.05) is 18.2 Å². The largest absolute Gasteiger partial charge is 0.573 e. The number of methoxy groups -OCH3 is 1. The lowest BCUT2D eigenvalue weighted by Gasteiger charge is -2.26. The van der Waals surface area contributed by atoms with E-state index in [0.717, 1.165) is 0 Å². The standard InChI is InChI=1S/C19H16ClF4NO3/c1-27-17-8-12(21)4-7-14(17)16-9-15(20)18(26)25(16)10-11-2-5-13(6-3-11)28-19(22,23)24/h2-8,15-16H,9-10H2,1H3. The summed E-state index contributed by atoms with van der Waals surface area (Å²) in [6.07, 6.45) is -4.47. The van der Waals surface area contributed by atoms with Crippen molar-refractivity contribution in [3.8, 4) is 11.5 Å². The van der Waals surface area contributed by atoms with E-state index in [1.807, 2.05) is 0 Å². The van der Waals surface area contributed by atoms with Crippen molar-refractivity contribution in [3.63, 3.8) is 0 Å². The number of hydrogen-bond donors (Lipinski definition) is 0. The van der Waals surface area contributed by atoms with Crippen LogP contribution in [0.1, 0.15) is 23.6 Å². The maximum absolute atomic E-state index is 13.5. The van der Waals surface area contributed by atoms with Crippen LogP contribution >= 0.6 is 11.6 Å². The van der Waals surface area contributed by atoms with Gasteiger partial charge in [-0.2, -0.15) is 0 Å². The first-order valence-corrected chi connectivity index (χ1v) is 8.74. The molecular formula is C19H16ClF4NO3. The normalized spacial score (nSPS) is 19.8. The predicted molar refractivity (Wildman–Crippen MR) is 93.6 cm³/mol. The molecule has 1 heterocycles. The third-order valence-electron chi connectivity index (χ3n) is 4.42. The van der Waals surface area contributed by atoms with Crippen molar-refractivity contribution in [2.24, 2.45) is 0 Å². The van der Waals surface area contributed by atoms with Gasteiger partial charge in [0, 0.05) is 18.2 Å². The van der Waals surface area contributed by atoms with E-state index in [-0.39, 0.29) is 18.2 Å². The summed E-state index contributed by atoms with van der Waals surface area (Å²) >= 11 is 6.14. The summed E-state index contributed by atoms with van der Waals surface area (Å²) in [6.45, 7) is 0.125. The number of benzene rings is 2. The van der Waals surface area contributed by atoms with E-state index in [9.17, 15) is 22.4 Å². The Kier molecular flexibility index (Phi) is 5.69. The Bertz CT molecular complexity index is 857. The van der Waals surface area contributed by atoms with Gasteiger partial charge in [-0.25, -0.2) is 4.39 Å². The van der Waals surface area contributed by atoms with Crippen LogP contribution in [0.4, 0.5) is 17.6 Å². The van der Waals surface area contributed by atoms with Crippen molar-refractivity contribution in [1.29, 1.82) is 0 Å². The quantitative estimate of drug-likeness (QED) is 0.517. The molecule has 28 heavy (non-hydrogen) atoms. The second-order valence-corrected chi connectivity index (χ2v) is 6.79. The van der Waals surface area contributed by atoms with E-state index < -0.39 is 23.6 Å². The Hall–Kier alpha value is -2.48. The molecule has 9 heteroatoms. The number of likely N-dealkylation sites (tertiary alicyclic amines) is 1. The summed E-state index contributed by atoms with van der Waals surface area (Å²) in [6, 6.07) is 8.81. The van der Waals surface area contributed by atoms with Crippen LogP contribution in [-0.2, 0) is 11.3 Å². The predicted octanol–water partition coefficient (Wildman–Crippen LogP) is 4.81. The van der Waals surface area contributed by atoms with Crippen molar-refractivity contribution in [1.82, 2.24) is 4.90 Å². The number of amides is 1. The van der Waals surface area contributed by atoms with Crippen molar-refractivity contribution in [3.05, 3.63) is 59.4 Å². The summed E-state index contributed by atoms with van der Waals surface area (Å²) in [5, 5.41) is -0.757. The zero-order chi connectivity index (χ0) is 20.5. The first kappa shape index (κ1) is 20.3. The van der Waals surface area contributed by atoms with Crippen LogP contribution in [0.25, 0.3) is 0 Å². The molecule has 2 atom stereocenters. The van der Waals surface area contributed by atoms with Crippen LogP contribution in [0.5, 0.6) is 11.5 Å². The molecule has 3 rings (SSSR count). The summed E-state index contributed by atoms with van der Waals surface area (Å²) < 4.78 is 59.4. The molecule has 2 aromatic carbocycles. The summed E-state index contributed by atoms with van der Waals surface area (Å²) in [5.41, 5.74) is 1.21. The number of halogens is 5. The van der Waals surface area contributed by atoms with Crippen LogP contribution in [0.3, 0.4) is 0 Å². The fourth-order valence-corrected chi connectivity index (χ4v) is 3.49. The molecule has 1 fully saturated rings. The monoisotopic (exact) mass is 417 g/mol. The average Bonchev–Trinajstić information content (AvgIpc) is 2.90. The molecule has 4 nitrogen and oxygen atoms in total. The molecule has 1 aliphatic rings. The van der Waals surface area contributed by atoms with E-state index in [1.54, 1.807) is 0 Å². The molecule has 0 radical (unpaired) electrons. The minimum absolute atomic E-state index is 0.125. The molecule has 0 aromatic heterocycles. The zero-order valence-electron chi connectivity index (χ0n) is 14.7. The van der Waals surface area contributed by atoms with Crippen molar-refractivity contribution in [2.75, 3.05) is 7.11 Å². The highest BCUT2D eigenvalue weighted by molar-refractivity contribution is 6.31. The lowest BCUT2D eigenvalue weighted by Crippen LogP contribution is -2.29. The molecule has 1 amide bonds. The highest BCUT2D eigenvalue weighted by atomic mass is 35.5. The van der Waals surface area contributed by atoms with E-state index in [1.165, 1.54) is 54.5 Å². The molecule has 2 aromatic rings. The molecular weight excluding hydrogens is 402 g/mol. The number of nitrogens with zero attached hydrogens (tertiary/aromatic N) is 1. The topological polar surface area (TPSA) is 38.8 Å².